The van der Waals surface area contributed by atoms with Gasteiger partial charge in [0.1, 0.15) is 4.88 Å². The van der Waals surface area contributed by atoms with Gasteiger partial charge in [-0.05, 0) is 25.1 Å². The lowest BCUT2D eigenvalue weighted by Gasteiger charge is -2.09. The van der Waals surface area contributed by atoms with Gasteiger partial charge in [-0.1, -0.05) is 0 Å². The molecule has 4 N–H and O–H groups in total. The molecule has 3 rings (SSSR count). The second-order valence-corrected chi connectivity index (χ2v) is 5.69. The molecule has 0 saturated carbocycles. The number of carbonyl (C=O) groups excluding carboxylic acids is 2. The van der Waals surface area contributed by atoms with Crippen molar-refractivity contribution in [3.63, 3.8) is 0 Å². The first kappa shape index (κ1) is 12.0. The summed E-state index contributed by atoms with van der Waals surface area (Å²) in [6, 6.07) is 5.32. The van der Waals surface area contributed by atoms with Crippen LogP contribution in [0, 0.1) is 0 Å². The van der Waals surface area contributed by atoms with Crippen molar-refractivity contribution in [2.45, 2.75) is 13.0 Å². The molecule has 1 aliphatic rings. The Labute approximate surface area is 113 Å². The number of hydrogen-bond acceptors (Lipinski definition) is 4. The summed E-state index contributed by atoms with van der Waals surface area (Å²) in [5.74, 6) is -0.539. The van der Waals surface area contributed by atoms with Crippen LogP contribution in [0.4, 0.5) is 5.69 Å². The van der Waals surface area contributed by atoms with Crippen molar-refractivity contribution in [1.82, 2.24) is 5.32 Å². The minimum Gasteiger partial charge on any atom is -0.381 e. The minimum atomic E-state index is -0.465. The molecule has 0 bridgehead atoms. The SMILES string of the molecule is C[C@@H]1CNc2c(sc3ccc(C(N)=O)cc23)C(=O)N1. The third kappa shape index (κ3) is 1.94. The molecule has 0 aliphatic carbocycles. The number of hydrogen-bond donors (Lipinski definition) is 3. The Morgan fingerprint density at radius 3 is 3.00 bits per heavy atom. The highest BCUT2D eigenvalue weighted by Gasteiger charge is 2.23. The molecule has 0 spiro atoms. The van der Waals surface area contributed by atoms with Gasteiger partial charge in [0.15, 0.2) is 0 Å². The van der Waals surface area contributed by atoms with Crippen molar-refractivity contribution in [2.24, 2.45) is 5.73 Å². The Morgan fingerprint density at radius 1 is 1.47 bits per heavy atom. The maximum atomic E-state index is 12.1. The van der Waals surface area contributed by atoms with Crippen molar-refractivity contribution in [3.8, 4) is 0 Å². The number of nitrogens with two attached hydrogens (primary N) is 1. The molecular formula is C13H13N3O2S. The van der Waals surface area contributed by atoms with E-state index >= 15 is 0 Å². The third-order valence-electron chi connectivity index (χ3n) is 3.14. The van der Waals surface area contributed by atoms with Crippen LogP contribution >= 0.6 is 11.3 Å². The molecule has 2 heterocycles. The molecule has 2 amide bonds. The molecule has 0 saturated heterocycles. The van der Waals surface area contributed by atoms with E-state index in [4.69, 9.17) is 5.73 Å². The van der Waals surface area contributed by atoms with Gasteiger partial charge in [-0.2, -0.15) is 0 Å². The molecule has 0 fully saturated rings. The van der Waals surface area contributed by atoms with E-state index in [1.165, 1.54) is 11.3 Å². The molecule has 2 aromatic rings. The lowest BCUT2D eigenvalue weighted by molar-refractivity contribution is 0.0948. The summed E-state index contributed by atoms with van der Waals surface area (Å²) in [5.41, 5.74) is 6.54. The third-order valence-corrected chi connectivity index (χ3v) is 4.31. The topological polar surface area (TPSA) is 84.2 Å². The molecular weight excluding hydrogens is 262 g/mol. The van der Waals surface area contributed by atoms with Crippen LogP contribution in [-0.4, -0.2) is 24.4 Å². The van der Waals surface area contributed by atoms with Gasteiger partial charge in [0.2, 0.25) is 5.91 Å². The van der Waals surface area contributed by atoms with E-state index < -0.39 is 5.91 Å². The zero-order valence-corrected chi connectivity index (χ0v) is 11.1. The summed E-state index contributed by atoms with van der Waals surface area (Å²) in [4.78, 5) is 24.0. The number of rotatable bonds is 1. The average molecular weight is 275 g/mol. The van der Waals surface area contributed by atoms with Crippen LogP contribution in [0.15, 0.2) is 18.2 Å². The first-order chi connectivity index (χ1) is 9.06. The predicted molar refractivity (Wildman–Crippen MR) is 75.8 cm³/mol. The number of thiophene rings is 1. The smallest absolute Gasteiger partial charge is 0.263 e. The Kier molecular flexibility index (Phi) is 2.67. The highest BCUT2D eigenvalue weighted by Crippen LogP contribution is 2.37. The Bertz CT molecular complexity index is 692. The first-order valence-electron chi connectivity index (χ1n) is 5.97. The fourth-order valence-corrected chi connectivity index (χ4v) is 3.24. The molecule has 5 nitrogen and oxygen atoms in total. The summed E-state index contributed by atoms with van der Waals surface area (Å²) in [7, 11) is 0. The second kappa shape index (κ2) is 4.24. The standard InChI is InChI=1S/C13H13N3O2S/c1-6-5-15-10-8-4-7(12(14)17)2-3-9(8)19-11(10)13(18)16-6/h2-4,6,15H,5H2,1H3,(H2,14,17)(H,16,18)/t6-/m1/s1. The van der Waals surface area contributed by atoms with E-state index in [0.717, 1.165) is 15.8 Å². The average Bonchev–Trinajstić information content (AvgIpc) is 2.67. The van der Waals surface area contributed by atoms with Crippen molar-refractivity contribution >= 4 is 38.9 Å². The second-order valence-electron chi connectivity index (χ2n) is 4.64. The van der Waals surface area contributed by atoms with Gasteiger partial charge in [-0.3, -0.25) is 9.59 Å². The molecule has 19 heavy (non-hydrogen) atoms. The van der Waals surface area contributed by atoms with Crippen LogP contribution < -0.4 is 16.4 Å². The van der Waals surface area contributed by atoms with Crippen LogP contribution in [0.3, 0.4) is 0 Å². The summed E-state index contributed by atoms with van der Waals surface area (Å²) < 4.78 is 0.965. The van der Waals surface area contributed by atoms with Gasteiger partial charge in [0.25, 0.3) is 5.91 Å². The number of nitrogens with one attached hydrogen (secondary N) is 2. The van der Waals surface area contributed by atoms with E-state index in [2.05, 4.69) is 10.6 Å². The van der Waals surface area contributed by atoms with Crippen LogP contribution in [0.1, 0.15) is 27.0 Å². The molecule has 1 aromatic heterocycles. The molecule has 0 unspecified atom stereocenters. The van der Waals surface area contributed by atoms with E-state index in [1.54, 1.807) is 12.1 Å². The number of benzene rings is 1. The normalized spacial score (nSPS) is 18.4. The monoisotopic (exact) mass is 275 g/mol. The highest BCUT2D eigenvalue weighted by molar-refractivity contribution is 7.21. The summed E-state index contributed by atoms with van der Waals surface area (Å²) in [6.07, 6.45) is 0. The largest absolute Gasteiger partial charge is 0.381 e. The zero-order valence-electron chi connectivity index (χ0n) is 10.3. The van der Waals surface area contributed by atoms with Crippen molar-refractivity contribution in [3.05, 3.63) is 28.6 Å². The fraction of sp³-hybridized carbons (Fsp3) is 0.231. The van der Waals surface area contributed by atoms with E-state index in [9.17, 15) is 9.59 Å². The number of carbonyl (C=O) groups is 2. The Hall–Kier alpha value is -2.08. The lowest BCUT2D eigenvalue weighted by atomic mass is 10.1. The van der Waals surface area contributed by atoms with Gasteiger partial charge in [0.05, 0.1) is 5.69 Å². The van der Waals surface area contributed by atoms with Crippen LogP contribution in [-0.2, 0) is 0 Å². The number of anilines is 1. The van der Waals surface area contributed by atoms with Crippen molar-refractivity contribution < 1.29 is 9.59 Å². The quantitative estimate of drug-likeness (QED) is 0.738. The number of primary amides is 1. The van der Waals surface area contributed by atoms with Crippen LogP contribution in [0.2, 0.25) is 0 Å². The molecule has 98 valence electrons. The molecule has 1 aromatic carbocycles. The molecule has 6 heteroatoms. The summed E-state index contributed by atoms with van der Waals surface area (Å²) in [5, 5.41) is 7.06. The van der Waals surface area contributed by atoms with Crippen LogP contribution in [0.5, 0.6) is 0 Å². The van der Waals surface area contributed by atoms with Crippen molar-refractivity contribution in [1.29, 1.82) is 0 Å². The van der Waals surface area contributed by atoms with Gasteiger partial charge in [-0.15, -0.1) is 11.3 Å². The Balaban J connectivity index is 2.21. The maximum Gasteiger partial charge on any atom is 0.263 e. The molecule has 0 radical (unpaired) electrons. The number of fused-ring (bicyclic) bond motifs is 3. The molecule has 1 atom stereocenters. The Morgan fingerprint density at radius 2 is 2.26 bits per heavy atom. The van der Waals surface area contributed by atoms with Crippen molar-refractivity contribution in [2.75, 3.05) is 11.9 Å². The van der Waals surface area contributed by atoms with Gasteiger partial charge >= 0.3 is 0 Å². The van der Waals surface area contributed by atoms with E-state index in [0.29, 0.717) is 17.0 Å². The van der Waals surface area contributed by atoms with Gasteiger partial charge < -0.3 is 16.4 Å². The van der Waals surface area contributed by atoms with E-state index in [-0.39, 0.29) is 11.9 Å². The summed E-state index contributed by atoms with van der Waals surface area (Å²) in [6.45, 7) is 2.60. The van der Waals surface area contributed by atoms with E-state index in [1.807, 2.05) is 13.0 Å². The van der Waals surface area contributed by atoms with Crippen LogP contribution in [0.25, 0.3) is 10.1 Å². The van der Waals surface area contributed by atoms with Gasteiger partial charge in [0, 0.05) is 28.2 Å². The minimum absolute atomic E-state index is 0.0708. The first-order valence-corrected chi connectivity index (χ1v) is 6.79. The van der Waals surface area contributed by atoms with Gasteiger partial charge in [-0.25, -0.2) is 0 Å². The fourth-order valence-electron chi connectivity index (χ4n) is 2.18. The lowest BCUT2D eigenvalue weighted by Crippen LogP contribution is -2.34. The predicted octanol–water partition coefficient (Wildman–Crippen LogP) is 1.54. The summed E-state index contributed by atoms with van der Waals surface area (Å²) >= 11 is 1.42. The highest BCUT2D eigenvalue weighted by atomic mass is 32.1. The molecule has 1 aliphatic heterocycles. The zero-order chi connectivity index (χ0) is 13.6. The maximum absolute atomic E-state index is 12.1. The number of amides is 2.